The van der Waals surface area contributed by atoms with Gasteiger partial charge in [0.25, 0.3) is 0 Å². The van der Waals surface area contributed by atoms with Crippen LogP contribution in [0.5, 0.6) is 0 Å². The second-order valence-electron chi connectivity index (χ2n) is 4.82. The smallest absolute Gasteiger partial charge is 0.0101 e. The molecule has 0 heterocycles. The van der Waals surface area contributed by atoms with Gasteiger partial charge in [0.2, 0.25) is 0 Å². The molecule has 0 aromatic carbocycles. The van der Waals surface area contributed by atoms with Crippen molar-refractivity contribution in [2.24, 2.45) is 0 Å². The van der Waals surface area contributed by atoms with Crippen LogP contribution in [0, 0.1) is 0 Å². The second-order valence-corrected chi connectivity index (χ2v) is 4.82. The van der Waals surface area contributed by atoms with E-state index < -0.39 is 0 Å². The molecule has 0 saturated heterocycles. The first-order valence-electron chi connectivity index (χ1n) is 5.02. The third kappa shape index (κ3) is 3.11. The molecule has 12 heavy (non-hydrogen) atoms. The van der Waals surface area contributed by atoms with Gasteiger partial charge < -0.3 is 10.6 Å². The Morgan fingerprint density at radius 3 is 2.17 bits per heavy atom. The van der Waals surface area contributed by atoms with Crippen molar-refractivity contribution in [2.75, 3.05) is 6.54 Å². The Hall–Kier alpha value is -0.0800. The molecule has 72 valence electrons. The molecule has 0 aromatic heterocycles. The fourth-order valence-electron chi connectivity index (χ4n) is 1.80. The van der Waals surface area contributed by atoms with Gasteiger partial charge in [0.1, 0.15) is 0 Å². The van der Waals surface area contributed by atoms with E-state index in [4.69, 9.17) is 0 Å². The molecular formula is C10H22N2. The standard InChI is InChI=1S/C10H22N2/c1-5-11-8-6-9(7-8)12-10(2,3)4/h8-9,11-12H,5-7H2,1-4H3/t8-,9+. The average molecular weight is 170 g/mol. The van der Waals surface area contributed by atoms with Crippen molar-refractivity contribution in [3.05, 3.63) is 0 Å². The third-order valence-corrected chi connectivity index (χ3v) is 2.27. The average Bonchev–Trinajstić information content (AvgIpc) is 1.80. The fourth-order valence-corrected chi connectivity index (χ4v) is 1.80. The Morgan fingerprint density at radius 1 is 1.17 bits per heavy atom. The summed E-state index contributed by atoms with van der Waals surface area (Å²) in [5, 5.41) is 7.06. The quantitative estimate of drug-likeness (QED) is 0.671. The van der Waals surface area contributed by atoms with Crippen molar-refractivity contribution in [2.45, 2.75) is 58.2 Å². The number of nitrogens with one attached hydrogen (secondary N) is 2. The highest BCUT2D eigenvalue weighted by Crippen LogP contribution is 2.21. The number of hydrogen-bond acceptors (Lipinski definition) is 2. The van der Waals surface area contributed by atoms with Crippen LogP contribution in [0.4, 0.5) is 0 Å². The second kappa shape index (κ2) is 3.75. The van der Waals surface area contributed by atoms with Crippen molar-refractivity contribution in [3.63, 3.8) is 0 Å². The normalized spacial score (nSPS) is 30.0. The highest BCUT2D eigenvalue weighted by molar-refractivity contribution is 4.92. The summed E-state index contributed by atoms with van der Waals surface area (Å²) in [6.07, 6.45) is 2.59. The van der Waals surface area contributed by atoms with Crippen LogP contribution in [0.3, 0.4) is 0 Å². The molecule has 0 spiro atoms. The highest BCUT2D eigenvalue weighted by atomic mass is 15.0. The van der Waals surface area contributed by atoms with Gasteiger partial charge in [-0.3, -0.25) is 0 Å². The topological polar surface area (TPSA) is 24.1 Å². The summed E-state index contributed by atoms with van der Waals surface area (Å²) in [6.45, 7) is 9.96. The zero-order valence-electron chi connectivity index (χ0n) is 8.78. The van der Waals surface area contributed by atoms with E-state index in [-0.39, 0.29) is 5.54 Å². The first-order chi connectivity index (χ1) is 5.51. The molecule has 1 rings (SSSR count). The molecule has 1 aliphatic rings. The van der Waals surface area contributed by atoms with E-state index in [1.165, 1.54) is 12.8 Å². The molecule has 0 unspecified atom stereocenters. The lowest BCUT2D eigenvalue weighted by Gasteiger charge is -2.40. The lowest BCUT2D eigenvalue weighted by Crippen LogP contribution is -2.55. The lowest BCUT2D eigenvalue weighted by molar-refractivity contribution is 0.210. The van der Waals surface area contributed by atoms with Gasteiger partial charge in [-0.25, -0.2) is 0 Å². The van der Waals surface area contributed by atoms with Crippen LogP contribution >= 0.6 is 0 Å². The number of hydrogen-bond donors (Lipinski definition) is 2. The minimum Gasteiger partial charge on any atom is -0.314 e. The molecule has 0 radical (unpaired) electrons. The zero-order chi connectivity index (χ0) is 9.19. The van der Waals surface area contributed by atoms with Crippen LogP contribution in [-0.4, -0.2) is 24.2 Å². The predicted molar refractivity (Wildman–Crippen MR) is 53.4 cm³/mol. The highest BCUT2D eigenvalue weighted by Gasteiger charge is 2.30. The molecule has 0 atom stereocenters. The maximum absolute atomic E-state index is 3.60. The van der Waals surface area contributed by atoms with Gasteiger partial charge in [0, 0.05) is 17.6 Å². The Labute approximate surface area is 76.1 Å². The van der Waals surface area contributed by atoms with E-state index >= 15 is 0 Å². The molecule has 1 aliphatic carbocycles. The first kappa shape index (κ1) is 10.0. The van der Waals surface area contributed by atoms with Crippen molar-refractivity contribution in [1.82, 2.24) is 10.6 Å². The summed E-state index contributed by atoms with van der Waals surface area (Å²) in [6, 6.07) is 1.52. The van der Waals surface area contributed by atoms with Gasteiger partial charge in [-0.15, -0.1) is 0 Å². The van der Waals surface area contributed by atoms with Crippen LogP contribution in [0.25, 0.3) is 0 Å². The van der Waals surface area contributed by atoms with E-state index in [0.29, 0.717) is 0 Å². The summed E-state index contributed by atoms with van der Waals surface area (Å²) in [7, 11) is 0. The van der Waals surface area contributed by atoms with E-state index in [0.717, 1.165) is 18.6 Å². The summed E-state index contributed by atoms with van der Waals surface area (Å²) in [4.78, 5) is 0. The van der Waals surface area contributed by atoms with E-state index in [2.05, 4.69) is 38.3 Å². The SMILES string of the molecule is CCN[C@H]1C[C@@H](NC(C)(C)C)C1. The van der Waals surface area contributed by atoms with Gasteiger partial charge >= 0.3 is 0 Å². The van der Waals surface area contributed by atoms with Gasteiger partial charge in [-0.2, -0.15) is 0 Å². The lowest BCUT2D eigenvalue weighted by atomic mass is 9.85. The fraction of sp³-hybridized carbons (Fsp3) is 1.00. The maximum Gasteiger partial charge on any atom is 0.0101 e. The molecule has 0 amide bonds. The third-order valence-electron chi connectivity index (χ3n) is 2.27. The van der Waals surface area contributed by atoms with Crippen LogP contribution in [0.1, 0.15) is 40.5 Å². The van der Waals surface area contributed by atoms with Gasteiger partial charge in [-0.05, 0) is 40.2 Å². The van der Waals surface area contributed by atoms with Crippen LogP contribution in [0.15, 0.2) is 0 Å². The molecule has 0 bridgehead atoms. The van der Waals surface area contributed by atoms with Crippen LogP contribution < -0.4 is 10.6 Å². The molecule has 2 N–H and O–H groups in total. The first-order valence-corrected chi connectivity index (χ1v) is 5.02. The maximum atomic E-state index is 3.60. The van der Waals surface area contributed by atoms with E-state index in [1.807, 2.05) is 0 Å². The van der Waals surface area contributed by atoms with Crippen molar-refractivity contribution >= 4 is 0 Å². The van der Waals surface area contributed by atoms with Crippen molar-refractivity contribution in [1.29, 1.82) is 0 Å². The summed E-state index contributed by atoms with van der Waals surface area (Å²) in [5.41, 5.74) is 0.280. The Bertz CT molecular complexity index is 131. The molecule has 0 aromatic rings. The summed E-state index contributed by atoms with van der Waals surface area (Å²) >= 11 is 0. The molecular weight excluding hydrogens is 148 g/mol. The Balaban J connectivity index is 2.10. The molecule has 2 heteroatoms. The molecule has 2 nitrogen and oxygen atoms in total. The van der Waals surface area contributed by atoms with Crippen LogP contribution in [0.2, 0.25) is 0 Å². The minimum atomic E-state index is 0.280. The Morgan fingerprint density at radius 2 is 1.75 bits per heavy atom. The van der Waals surface area contributed by atoms with Gasteiger partial charge in [0.05, 0.1) is 0 Å². The largest absolute Gasteiger partial charge is 0.314 e. The summed E-state index contributed by atoms with van der Waals surface area (Å²) < 4.78 is 0. The molecule has 1 saturated carbocycles. The number of rotatable bonds is 3. The Kier molecular flexibility index (Phi) is 3.13. The van der Waals surface area contributed by atoms with E-state index in [9.17, 15) is 0 Å². The molecule has 1 fully saturated rings. The van der Waals surface area contributed by atoms with Gasteiger partial charge in [0.15, 0.2) is 0 Å². The van der Waals surface area contributed by atoms with E-state index in [1.54, 1.807) is 0 Å². The monoisotopic (exact) mass is 170 g/mol. The van der Waals surface area contributed by atoms with Crippen molar-refractivity contribution < 1.29 is 0 Å². The predicted octanol–water partition coefficient (Wildman–Crippen LogP) is 1.51. The minimum absolute atomic E-state index is 0.280. The van der Waals surface area contributed by atoms with Crippen LogP contribution in [-0.2, 0) is 0 Å². The molecule has 0 aliphatic heterocycles. The van der Waals surface area contributed by atoms with Gasteiger partial charge in [-0.1, -0.05) is 6.92 Å². The zero-order valence-corrected chi connectivity index (χ0v) is 8.78. The van der Waals surface area contributed by atoms with Crippen molar-refractivity contribution in [3.8, 4) is 0 Å². The summed E-state index contributed by atoms with van der Waals surface area (Å²) in [5.74, 6) is 0.